The Labute approximate surface area is 63.2 Å². The summed E-state index contributed by atoms with van der Waals surface area (Å²) in [7, 11) is 0. The predicted octanol–water partition coefficient (Wildman–Crippen LogP) is 1.64. The van der Waals surface area contributed by atoms with Crippen molar-refractivity contribution in [3.05, 3.63) is 0 Å². The lowest BCUT2D eigenvalue weighted by Crippen LogP contribution is -2.35. The number of rotatable bonds is 1. The minimum absolute atomic E-state index is 0.843. The average Bonchev–Trinajstić information content (AvgIpc) is 2.07. The molecule has 1 saturated carbocycles. The van der Waals surface area contributed by atoms with Crippen LogP contribution in [0.15, 0.2) is 0 Å². The molecule has 2 rings (SSSR count). The third-order valence-electron chi connectivity index (χ3n) is 3.27. The molecule has 1 nitrogen and oxygen atoms in total. The summed E-state index contributed by atoms with van der Waals surface area (Å²) in [6.07, 6.45) is 2.97. The van der Waals surface area contributed by atoms with Gasteiger partial charge in [0, 0.05) is 6.04 Å². The molecule has 2 aliphatic rings. The maximum atomic E-state index is 3.62. The first-order valence-electron chi connectivity index (χ1n) is 4.52. The molecular formula is C9H17N. The van der Waals surface area contributed by atoms with Gasteiger partial charge in [0.2, 0.25) is 0 Å². The first-order chi connectivity index (χ1) is 4.79. The van der Waals surface area contributed by atoms with Crippen LogP contribution in [0, 0.1) is 17.8 Å². The lowest BCUT2D eigenvalue weighted by atomic mass is 9.71. The molecule has 1 aliphatic carbocycles. The highest BCUT2D eigenvalue weighted by atomic mass is 15.0. The van der Waals surface area contributed by atoms with Crippen LogP contribution in [0.3, 0.4) is 0 Å². The van der Waals surface area contributed by atoms with E-state index in [2.05, 4.69) is 19.2 Å². The predicted molar refractivity (Wildman–Crippen MR) is 42.8 cm³/mol. The van der Waals surface area contributed by atoms with Crippen molar-refractivity contribution in [2.45, 2.75) is 32.7 Å². The van der Waals surface area contributed by atoms with Gasteiger partial charge in [-0.15, -0.1) is 0 Å². The molecule has 3 atom stereocenters. The minimum atomic E-state index is 0.843. The second kappa shape index (κ2) is 2.23. The van der Waals surface area contributed by atoms with Crippen molar-refractivity contribution >= 4 is 0 Å². The Morgan fingerprint density at radius 1 is 1.30 bits per heavy atom. The molecule has 0 aromatic heterocycles. The highest BCUT2D eigenvalue weighted by molar-refractivity contribution is 4.97. The summed E-state index contributed by atoms with van der Waals surface area (Å²) in [5, 5.41) is 3.62. The second-order valence-electron chi connectivity index (χ2n) is 4.18. The molecular weight excluding hydrogens is 122 g/mol. The van der Waals surface area contributed by atoms with Gasteiger partial charge in [0.15, 0.2) is 0 Å². The summed E-state index contributed by atoms with van der Waals surface area (Å²) in [6.45, 7) is 5.96. The number of fused-ring (bicyclic) bond motifs is 1. The zero-order valence-corrected chi connectivity index (χ0v) is 6.93. The number of nitrogens with one attached hydrogen (secondary N) is 1. The van der Waals surface area contributed by atoms with E-state index in [9.17, 15) is 0 Å². The van der Waals surface area contributed by atoms with Gasteiger partial charge in [0.05, 0.1) is 0 Å². The Hall–Kier alpha value is -0.0400. The van der Waals surface area contributed by atoms with E-state index in [0.717, 1.165) is 23.8 Å². The molecule has 3 unspecified atom stereocenters. The maximum absolute atomic E-state index is 3.62. The van der Waals surface area contributed by atoms with Crippen LogP contribution in [-0.2, 0) is 0 Å². The molecule has 0 aromatic carbocycles. The van der Waals surface area contributed by atoms with Gasteiger partial charge in [0.1, 0.15) is 0 Å². The second-order valence-corrected chi connectivity index (χ2v) is 4.18. The Bertz CT molecular complexity index is 131. The molecule has 2 fully saturated rings. The monoisotopic (exact) mass is 139 g/mol. The van der Waals surface area contributed by atoms with E-state index in [-0.39, 0.29) is 0 Å². The summed E-state index contributed by atoms with van der Waals surface area (Å²) in [5.74, 6) is 2.93. The standard InChI is InChI=1S/C9H17N/c1-6(2)9-8-4-3-7(8)5-10-9/h6-10H,3-5H2,1-2H3. The normalized spacial score (nSPS) is 45.3. The van der Waals surface area contributed by atoms with E-state index in [1.54, 1.807) is 0 Å². The summed E-state index contributed by atoms with van der Waals surface area (Å²) < 4.78 is 0. The fourth-order valence-corrected chi connectivity index (χ4v) is 2.49. The van der Waals surface area contributed by atoms with Crippen LogP contribution in [0.4, 0.5) is 0 Å². The molecule has 0 aromatic rings. The highest BCUT2D eigenvalue weighted by Gasteiger charge is 2.42. The first-order valence-corrected chi connectivity index (χ1v) is 4.52. The number of hydrogen-bond donors (Lipinski definition) is 1. The average molecular weight is 139 g/mol. The van der Waals surface area contributed by atoms with Crippen molar-refractivity contribution < 1.29 is 0 Å². The van der Waals surface area contributed by atoms with Crippen molar-refractivity contribution in [1.82, 2.24) is 5.32 Å². The minimum Gasteiger partial charge on any atom is -0.313 e. The van der Waals surface area contributed by atoms with Gasteiger partial charge in [-0.1, -0.05) is 13.8 Å². The molecule has 1 saturated heterocycles. The van der Waals surface area contributed by atoms with Crippen molar-refractivity contribution in [3.63, 3.8) is 0 Å². The van der Waals surface area contributed by atoms with E-state index in [4.69, 9.17) is 0 Å². The molecule has 0 spiro atoms. The van der Waals surface area contributed by atoms with Gasteiger partial charge in [0.25, 0.3) is 0 Å². The molecule has 1 N–H and O–H groups in total. The summed E-state index contributed by atoms with van der Waals surface area (Å²) >= 11 is 0. The fourth-order valence-electron chi connectivity index (χ4n) is 2.49. The van der Waals surface area contributed by atoms with E-state index in [1.807, 2.05) is 0 Å². The Kier molecular flexibility index (Phi) is 1.48. The maximum Gasteiger partial charge on any atom is 0.0122 e. The highest BCUT2D eigenvalue weighted by Crippen LogP contribution is 2.42. The van der Waals surface area contributed by atoms with Crippen LogP contribution in [0.5, 0.6) is 0 Å². The topological polar surface area (TPSA) is 12.0 Å². The van der Waals surface area contributed by atoms with Gasteiger partial charge in [-0.3, -0.25) is 0 Å². The van der Waals surface area contributed by atoms with Gasteiger partial charge in [-0.05, 0) is 37.1 Å². The van der Waals surface area contributed by atoms with E-state index >= 15 is 0 Å². The molecule has 10 heavy (non-hydrogen) atoms. The first kappa shape index (κ1) is 6.66. The summed E-state index contributed by atoms with van der Waals surface area (Å²) in [6, 6.07) is 0.846. The van der Waals surface area contributed by atoms with Crippen molar-refractivity contribution in [3.8, 4) is 0 Å². The van der Waals surface area contributed by atoms with E-state index < -0.39 is 0 Å². The molecule has 0 amide bonds. The van der Waals surface area contributed by atoms with Crippen LogP contribution in [-0.4, -0.2) is 12.6 Å². The van der Waals surface area contributed by atoms with Crippen molar-refractivity contribution in [2.75, 3.05) is 6.54 Å². The van der Waals surface area contributed by atoms with Crippen LogP contribution in [0.2, 0.25) is 0 Å². The Balaban J connectivity index is 1.99. The molecule has 1 heteroatoms. The molecule has 0 bridgehead atoms. The third kappa shape index (κ3) is 0.800. The SMILES string of the molecule is CC(C)C1NCC2CCC21. The van der Waals surface area contributed by atoms with Gasteiger partial charge in [-0.25, -0.2) is 0 Å². The largest absolute Gasteiger partial charge is 0.313 e. The smallest absolute Gasteiger partial charge is 0.0122 e. The molecule has 1 aliphatic heterocycles. The lowest BCUT2D eigenvalue weighted by molar-refractivity contribution is 0.185. The molecule has 0 radical (unpaired) electrons. The zero-order chi connectivity index (χ0) is 7.14. The van der Waals surface area contributed by atoms with Crippen molar-refractivity contribution in [1.29, 1.82) is 0 Å². The molecule has 58 valence electrons. The van der Waals surface area contributed by atoms with Crippen LogP contribution < -0.4 is 5.32 Å². The van der Waals surface area contributed by atoms with Crippen LogP contribution in [0.1, 0.15) is 26.7 Å². The van der Waals surface area contributed by atoms with E-state index in [1.165, 1.54) is 19.4 Å². The third-order valence-corrected chi connectivity index (χ3v) is 3.27. The fraction of sp³-hybridized carbons (Fsp3) is 1.00. The Morgan fingerprint density at radius 2 is 2.10 bits per heavy atom. The quantitative estimate of drug-likeness (QED) is 0.582. The van der Waals surface area contributed by atoms with E-state index in [0.29, 0.717) is 0 Å². The Morgan fingerprint density at radius 3 is 2.40 bits per heavy atom. The summed E-state index contributed by atoms with van der Waals surface area (Å²) in [4.78, 5) is 0. The molecule has 1 heterocycles. The van der Waals surface area contributed by atoms with Crippen molar-refractivity contribution in [2.24, 2.45) is 17.8 Å². The van der Waals surface area contributed by atoms with Crippen LogP contribution in [0.25, 0.3) is 0 Å². The lowest BCUT2D eigenvalue weighted by Gasteiger charge is -2.34. The van der Waals surface area contributed by atoms with Gasteiger partial charge >= 0.3 is 0 Å². The zero-order valence-electron chi connectivity index (χ0n) is 6.93. The number of hydrogen-bond acceptors (Lipinski definition) is 1. The van der Waals surface area contributed by atoms with Gasteiger partial charge < -0.3 is 5.32 Å². The van der Waals surface area contributed by atoms with Gasteiger partial charge in [-0.2, -0.15) is 0 Å². The van der Waals surface area contributed by atoms with Crippen LogP contribution >= 0.6 is 0 Å². The summed E-state index contributed by atoms with van der Waals surface area (Å²) in [5.41, 5.74) is 0.